The number of likely N-dealkylation sites (N-methyl/N-ethyl adjacent to an activating group) is 1. The van der Waals surface area contributed by atoms with E-state index in [-0.39, 0.29) is 5.78 Å². The van der Waals surface area contributed by atoms with Crippen molar-refractivity contribution >= 4 is 5.78 Å². The maximum Gasteiger partial charge on any atom is 0.176 e. The molecule has 1 aliphatic carbocycles. The molecule has 114 valence electrons. The van der Waals surface area contributed by atoms with Crippen LogP contribution in [0.2, 0.25) is 0 Å². The van der Waals surface area contributed by atoms with Crippen LogP contribution in [0.15, 0.2) is 18.2 Å². The summed E-state index contributed by atoms with van der Waals surface area (Å²) in [6, 6.07) is 6.78. The highest BCUT2D eigenvalue weighted by molar-refractivity contribution is 5.97. The zero-order valence-electron chi connectivity index (χ0n) is 13.3. The smallest absolute Gasteiger partial charge is 0.176 e. The van der Waals surface area contributed by atoms with Crippen molar-refractivity contribution in [3.8, 4) is 0 Å². The third kappa shape index (κ3) is 3.35. The fourth-order valence-electron chi connectivity index (χ4n) is 3.68. The van der Waals surface area contributed by atoms with Gasteiger partial charge in [0.15, 0.2) is 5.78 Å². The molecule has 0 radical (unpaired) electrons. The van der Waals surface area contributed by atoms with Gasteiger partial charge in [0.1, 0.15) is 0 Å². The molecule has 1 atom stereocenters. The van der Waals surface area contributed by atoms with E-state index in [9.17, 15) is 4.79 Å². The van der Waals surface area contributed by atoms with Crippen molar-refractivity contribution in [3.63, 3.8) is 0 Å². The molecular weight excluding hydrogens is 260 g/mol. The third-order valence-electron chi connectivity index (χ3n) is 4.95. The van der Waals surface area contributed by atoms with Gasteiger partial charge < -0.3 is 4.90 Å². The minimum Gasteiger partial charge on any atom is -0.305 e. The molecule has 0 saturated carbocycles. The van der Waals surface area contributed by atoms with E-state index in [4.69, 9.17) is 0 Å². The number of hydrogen-bond acceptors (Lipinski definition) is 3. The molecule has 3 rings (SSSR count). The van der Waals surface area contributed by atoms with Gasteiger partial charge in [-0.05, 0) is 63.4 Å². The fraction of sp³-hybridized carbons (Fsp3) is 0.611. The SMILES string of the molecule is CC1CN(C)CCCN1CC(=O)c1ccc2c(c1)CCC2. The van der Waals surface area contributed by atoms with Gasteiger partial charge in [-0.2, -0.15) is 0 Å². The van der Waals surface area contributed by atoms with Crippen molar-refractivity contribution in [1.82, 2.24) is 9.80 Å². The van der Waals surface area contributed by atoms with Gasteiger partial charge in [-0.3, -0.25) is 9.69 Å². The Morgan fingerprint density at radius 3 is 2.86 bits per heavy atom. The molecule has 1 saturated heterocycles. The summed E-state index contributed by atoms with van der Waals surface area (Å²) in [6.07, 6.45) is 4.71. The number of carbonyl (C=O) groups excluding carboxylic acids is 1. The van der Waals surface area contributed by atoms with Gasteiger partial charge in [0.05, 0.1) is 6.54 Å². The summed E-state index contributed by atoms with van der Waals surface area (Å²) >= 11 is 0. The monoisotopic (exact) mass is 286 g/mol. The molecule has 3 heteroatoms. The van der Waals surface area contributed by atoms with E-state index >= 15 is 0 Å². The van der Waals surface area contributed by atoms with Crippen LogP contribution in [-0.2, 0) is 12.8 Å². The number of Topliss-reactive ketones (excluding diaryl/α,β-unsaturated/α-hetero) is 1. The Morgan fingerprint density at radius 1 is 1.19 bits per heavy atom. The average molecular weight is 286 g/mol. The van der Waals surface area contributed by atoms with Crippen LogP contribution in [0.3, 0.4) is 0 Å². The zero-order chi connectivity index (χ0) is 14.8. The minimum atomic E-state index is 0.279. The lowest BCUT2D eigenvalue weighted by Crippen LogP contribution is -2.40. The number of benzene rings is 1. The zero-order valence-corrected chi connectivity index (χ0v) is 13.3. The molecule has 0 spiro atoms. The van der Waals surface area contributed by atoms with Crippen LogP contribution in [-0.4, -0.2) is 54.9 Å². The van der Waals surface area contributed by atoms with Crippen molar-refractivity contribution < 1.29 is 4.79 Å². The number of aryl methyl sites for hydroxylation is 2. The molecule has 1 aromatic carbocycles. The first-order valence-electron chi connectivity index (χ1n) is 8.21. The Bertz CT molecular complexity index is 526. The number of fused-ring (bicyclic) bond motifs is 1. The molecule has 1 aromatic rings. The minimum absolute atomic E-state index is 0.279. The van der Waals surface area contributed by atoms with Gasteiger partial charge in [0.2, 0.25) is 0 Å². The molecular formula is C18H26N2O. The van der Waals surface area contributed by atoms with Crippen molar-refractivity contribution in [3.05, 3.63) is 34.9 Å². The molecule has 0 bridgehead atoms. The maximum absolute atomic E-state index is 12.6. The van der Waals surface area contributed by atoms with Crippen LogP contribution in [0, 0.1) is 0 Å². The highest BCUT2D eigenvalue weighted by Crippen LogP contribution is 2.23. The Balaban J connectivity index is 1.68. The second-order valence-electron chi connectivity index (χ2n) is 6.70. The van der Waals surface area contributed by atoms with E-state index < -0.39 is 0 Å². The van der Waals surface area contributed by atoms with Crippen LogP contribution >= 0.6 is 0 Å². The average Bonchev–Trinajstić information content (AvgIpc) is 2.86. The molecule has 1 aliphatic heterocycles. The van der Waals surface area contributed by atoms with E-state index in [2.05, 4.69) is 35.9 Å². The normalized spacial score (nSPS) is 23.8. The van der Waals surface area contributed by atoms with Crippen LogP contribution in [0.4, 0.5) is 0 Å². The topological polar surface area (TPSA) is 23.6 Å². The Kier molecular flexibility index (Phi) is 4.41. The first-order valence-corrected chi connectivity index (χ1v) is 8.21. The summed E-state index contributed by atoms with van der Waals surface area (Å²) in [4.78, 5) is 17.3. The largest absolute Gasteiger partial charge is 0.305 e. The first-order chi connectivity index (χ1) is 10.1. The van der Waals surface area contributed by atoms with Crippen molar-refractivity contribution in [2.45, 2.75) is 38.6 Å². The van der Waals surface area contributed by atoms with E-state index in [1.165, 1.54) is 24.0 Å². The van der Waals surface area contributed by atoms with Gasteiger partial charge in [-0.1, -0.05) is 12.1 Å². The summed E-state index contributed by atoms with van der Waals surface area (Å²) in [5.41, 5.74) is 3.74. The van der Waals surface area contributed by atoms with Crippen molar-refractivity contribution in [2.75, 3.05) is 33.2 Å². The van der Waals surface area contributed by atoms with Crippen LogP contribution in [0.5, 0.6) is 0 Å². The fourth-order valence-corrected chi connectivity index (χ4v) is 3.68. The van der Waals surface area contributed by atoms with E-state index in [0.29, 0.717) is 12.6 Å². The predicted octanol–water partition coefficient (Wildman–Crippen LogP) is 2.38. The summed E-state index contributed by atoms with van der Waals surface area (Å²) in [7, 11) is 2.17. The Morgan fingerprint density at radius 2 is 2.00 bits per heavy atom. The number of carbonyl (C=O) groups is 1. The van der Waals surface area contributed by atoms with Crippen molar-refractivity contribution in [1.29, 1.82) is 0 Å². The quantitative estimate of drug-likeness (QED) is 0.797. The lowest BCUT2D eigenvalue weighted by molar-refractivity contribution is 0.0900. The molecule has 1 fully saturated rings. The summed E-state index contributed by atoms with van der Waals surface area (Å²) in [6.45, 7) is 6.01. The van der Waals surface area contributed by atoms with Crippen LogP contribution in [0.25, 0.3) is 0 Å². The summed E-state index contributed by atoms with van der Waals surface area (Å²) in [5, 5.41) is 0. The standard InChI is InChI=1S/C18H26N2O/c1-14-12-19(2)9-4-10-20(14)13-18(21)17-8-7-15-5-3-6-16(15)11-17/h7-8,11,14H,3-6,9-10,12-13H2,1-2H3. The molecule has 1 unspecified atom stereocenters. The molecule has 2 aliphatic rings. The van der Waals surface area contributed by atoms with E-state index in [0.717, 1.165) is 38.0 Å². The number of hydrogen-bond donors (Lipinski definition) is 0. The van der Waals surface area contributed by atoms with Gasteiger partial charge in [0.25, 0.3) is 0 Å². The second kappa shape index (κ2) is 6.29. The van der Waals surface area contributed by atoms with Gasteiger partial charge in [-0.25, -0.2) is 0 Å². The molecule has 0 N–H and O–H groups in total. The van der Waals surface area contributed by atoms with E-state index in [1.807, 2.05) is 6.07 Å². The molecule has 0 amide bonds. The summed E-state index contributed by atoms with van der Waals surface area (Å²) < 4.78 is 0. The van der Waals surface area contributed by atoms with Gasteiger partial charge >= 0.3 is 0 Å². The highest BCUT2D eigenvalue weighted by atomic mass is 16.1. The second-order valence-corrected chi connectivity index (χ2v) is 6.70. The Labute approximate surface area is 127 Å². The predicted molar refractivity (Wildman–Crippen MR) is 85.9 cm³/mol. The lowest BCUT2D eigenvalue weighted by Gasteiger charge is -2.27. The molecule has 1 heterocycles. The van der Waals surface area contributed by atoms with E-state index in [1.54, 1.807) is 0 Å². The number of ketones is 1. The van der Waals surface area contributed by atoms with Crippen LogP contribution in [0.1, 0.15) is 41.3 Å². The Hall–Kier alpha value is -1.19. The van der Waals surface area contributed by atoms with Crippen molar-refractivity contribution in [2.24, 2.45) is 0 Å². The van der Waals surface area contributed by atoms with Crippen LogP contribution < -0.4 is 0 Å². The summed E-state index contributed by atoms with van der Waals surface area (Å²) in [5.74, 6) is 0.279. The number of nitrogens with zero attached hydrogens (tertiary/aromatic N) is 2. The molecule has 0 aromatic heterocycles. The first kappa shape index (κ1) is 14.7. The number of rotatable bonds is 3. The molecule has 3 nitrogen and oxygen atoms in total. The molecule has 21 heavy (non-hydrogen) atoms. The van der Waals surface area contributed by atoms with Gasteiger partial charge in [0, 0.05) is 24.7 Å². The lowest BCUT2D eigenvalue weighted by atomic mass is 10.0. The van der Waals surface area contributed by atoms with Gasteiger partial charge in [-0.15, -0.1) is 0 Å². The maximum atomic E-state index is 12.6. The highest BCUT2D eigenvalue weighted by Gasteiger charge is 2.22. The third-order valence-corrected chi connectivity index (χ3v) is 4.95.